The van der Waals surface area contributed by atoms with Crippen LogP contribution in [0.2, 0.25) is 0 Å². The number of hydrogen-bond acceptors (Lipinski definition) is 4. The van der Waals surface area contributed by atoms with E-state index in [-0.39, 0.29) is 30.1 Å². The Kier molecular flexibility index (Phi) is 6.63. The number of hydrogen-bond donors (Lipinski definition) is 3. The maximum absolute atomic E-state index is 11.6. The van der Waals surface area contributed by atoms with Gasteiger partial charge in [-0.3, -0.25) is 4.79 Å². The molecule has 0 bridgehead atoms. The Balaban J connectivity index is 2.35. The average Bonchev–Trinajstić information content (AvgIpc) is 2.41. The summed E-state index contributed by atoms with van der Waals surface area (Å²) >= 11 is 0. The second-order valence-corrected chi connectivity index (χ2v) is 7.80. The molecule has 6 heteroatoms. The normalized spacial score (nSPS) is 11.6. The molecular weight excluding hydrogens is 306 g/mol. The lowest BCUT2D eigenvalue weighted by Crippen LogP contribution is -2.45. The van der Waals surface area contributed by atoms with E-state index >= 15 is 0 Å². The van der Waals surface area contributed by atoms with Crippen molar-refractivity contribution in [3.8, 4) is 0 Å². The summed E-state index contributed by atoms with van der Waals surface area (Å²) in [6.45, 7) is 11.9. The molecule has 3 N–H and O–H groups in total. The number of amides is 2. The minimum atomic E-state index is -0.615. The van der Waals surface area contributed by atoms with Crippen LogP contribution in [0.15, 0.2) is 24.3 Å². The first-order valence-electron chi connectivity index (χ1n) is 8.03. The highest BCUT2D eigenvalue weighted by Crippen LogP contribution is 2.15. The number of carbonyl (C=O) groups is 2. The molecule has 0 radical (unpaired) electrons. The monoisotopic (exact) mass is 335 g/mol. The maximum atomic E-state index is 11.6. The standard InChI is InChI=1S/C18H29N3O3/c1-17(2,3)20-14-9-7-13(8-10-14)12-24-16(23)19-11-15(22)21-18(4,5)6/h7-10,20H,11-12H2,1-6H3,(H,19,23)(H,21,22). The second-order valence-electron chi connectivity index (χ2n) is 7.80. The molecule has 1 aromatic carbocycles. The van der Waals surface area contributed by atoms with E-state index in [2.05, 4.69) is 36.7 Å². The predicted molar refractivity (Wildman–Crippen MR) is 95.9 cm³/mol. The Bertz CT molecular complexity index is 554. The van der Waals surface area contributed by atoms with E-state index in [1.165, 1.54) is 0 Å². The molecule has 1 rings (SSSR count). The molecule has 0 aromatic heterocycles. The number of anilines is 1. The van der Waals surface area contributed by atoms with Crippen molar-refractivity contribution in [1.82, 2.24) is 10.6 Å². The van der Waals surface area contributed by atoms with Gasteiger partial charge in [0.15, 0.2) is 0 Å². The molecule has 6 nitrogen and oxygen atoms in total. The Morgan fingerprint density at radius 2 is 1.54 bits per heavy atom. The summed E-state index contributed by atoms with van der Waals surface area (Å²) in [5, 5.41) is 8.55. The van der Waals surface area contributed by atoms with Crippen LogP contribution in [0.1, 0.15) is 47.1 Å². The van der Waals surface area contributed by atoms with Gasteiger partial charge >= 0.3 is 6.09 Å². The molecule has 0 saturated heterocycles. The number of carbonyl (C=O) groups excluding carboxylic acids is 2. The van der Waals surface area contributed by atoms with E-state index in [9.17, 15) is 9.59 Å². The van der Waals surface area contributed by atoms with Gasteiger partial charge in [0.05, 0.1) is 0 Å². The molecule has 0 saturated carbocycles. The fourth-order valence-corrected chi connectivity index (χ4v) is 1.93. The molecule has 0 unspecified atom stereocenters. The Hall–Kier alpha value is -2.24. The van der Waals surface area contributed by atoms with Crippen LogP contribution >= 0.6 is 0 Å². The maximum Gasteiger partial charge on any atom is 0.407 e. The van der Waals surface area contributed by atoms with E-state index in [1.807, 2.05) is 45.0 Å². The smallest absolute Gasteiger partial charge is 0.407 e. The van der Waals surface area contributed by atoms with Gasteiger partial charge in [0.2, 0.25) is 5.91 Å². The first-order valence-corrected chi connectivity index (χ1v) is 8.03. The van der Waals surface area contributed by atoms with Crippen LogP contribution in [-0.4, -0.2) is 29.6 Å². The summed E-state index contributed by atoms with van der Waals surface area (Å²) in [6, 6.07) is 7.68. The van der Waals surface area contributed by atoms with E-state index in [0.29, 0.717) is 0 Å². The van der Waals surface area contributed by atoms with Gasteiger partial charge in [0, 0.05) is 16.8 Å². The summed E-state index contributed by atoms with van der Waals surface area (Å²) in [7, 11) is 0. The third-order valence-corrected chi connectivity index (χ3v) is 2.75. The molecule has 0 aliphatic heterocycles. The molecule has 0 aliphatic rings. The number of ether oxygens (including phenoxy) is 1. The largest absolute Gasteiger partial charge is 0.445 e. The molecule has 0 heterocycles. The molecule has 0 atom stereocenters. The third-order valence-electron chi connectivity index (χ3n) is 2.75. The van der Waals surface area contributed by atoms with Gasteiger partial charge in [-0.05, 0) is 59.2 Å². The third kappa shape index (κ3) is 9.02. The highest BCUT2D eigenvalue weighted by molar-refractivity contribution is 5.82. The van der Waals surface area contributed by atoms with Crippen molar-refractivity contribution in [3.63, 3.8) is 0 Å². The Morgan fingerprint density at radius 1 is 0.958 bits per heavy atom. The van der Waals surface area contributed by atoms with Crippen LogP contribution < -0.4 is 16.0 Å². The molecule has 0 fully saturated rings. The fraction of sp³-hybridized carbons (Fsp3) is 0.556. The molecule has 1 aromatic rings. The number of rotatable bonds is 5. The van der Waals surface area contributed by atoms with Crippen LogP contribution in [0.25, 0.3) is 0 Å². The van der Waals surface area contributed by atoms with Gasteiger partial charge in [-0.25, -0.2) is 4.79 Å². The molecule has 2 amide bonds. The van der Waals surface area contributed by atoms with Crippen molar-refractivity contribution in [1.29, 1.82) is 0 Å². The van der Waals surface area contributed by atoms with Crippen molar-refractivity contribution in [3.05, 3.63) is 29.8 Å². The number of nitrogens with one attached hydrogen (secondary N) is 3. The quantitative estimate of drug-likeness (QED) is 0.773. The van der Waals surface area contributed by atoms with Crippen LogP contribution in [0.3, 0.4) is 0 Å². The van der Waals surface area contributed by atoms with E-state index in [0.717, 1.165) is 11.3 Å². The molecule has 134 valence electrons. The number of benzene rings is 1. The number of alkyl carbamates (subject to hydrolysis) is 1. The lowest BCUT2D eigenvalue weighted by atomic mass is 10.1. The SMILES string of the molecule is CC(C)(C)NC(=O)CNC(=O)OCc1ccc(NC(C)(C)C)cc1. The average molecular weight is 335 g/mol. The summed E-state index contributed by atoms with van der Waals surface area (Å²) in [4.78, 5) is 23.2. The fourth-order valence-electron chi connectivity index (χ4n) is 1.93. The highest BCUT2D eigenvalue weighted by Gasteiger charge is 2.14. The highest BCUT2D eigenvalue weighted by atomic mass is 16.5. The molecular formula is C18H29N3O3. The van der Waals surface area contributed by atoms with Crippen molar-refractivity contribution >= 4 is 17.7 Å². The molecule has 0 spiro atoms. The van der Waals surface area contributed by atoms with Crippen LogP contribution in [0.5, 0.6) is 0 Å². The molecule has 24 heavy (non-hydrogen) atoms. The Labute approximate surface area is 144 Å². The van der Waals surface area contributed by atoms with E-state index in [4.69, 9.17) is 4.74 Å². The van der Waals surface area contributed by atoms with Crippen molar-refractivity contribution in [2.75, 3.05) is 11.9 Å². The first-order chi connectivity index (χ1) is 10.9. The van der Waals surface area contributed by atoms with Crippen LogP contribution in [0, 0.1) is 0 Å². The van der Waals surface area contributed by atoms with Gasteiger partial charge in [0.1, 0.15) is 13.2 Å². The predicted octanol–water partition coefficient (Wildman–Crippen LogP) is 3.04. The van der Waals surface area contributed by atoms with Crippen molar-refractivity contribution in [2.45, 2.75) is 59.2 Å². The van der Waals surface area contributed by atoms with Gasteiger partial charge < -0.3 is 20.7 Å². The van der Waals surface area contributed by atoms with E-state index < -0.39 is 6.09 Å². The summed E-state index contributed by atoms with van der Waals surface area (Å²) < 4.78 is 5.10. The zero-order valence-corrected chi connectivity index (χ0v) is 15.4. The van der Waals surface area contributed by atoms with Crippen LogP contribution in [-0.2, 0) is 16.1 Å². The minimum Gasteiger partial charge on any atom is -0.445 e. The van der Waals surface area contributed by atoms with Crippen molar-refractivity contribution < 1.29 is 14.3 Å². The topological polar surface area (TPSA) is 79.5 Å². The summed E-state index contributed by atoms with van der Waals surface area (Å²) in [6.07, 6.45) is -0.615. The summed E-state index contributed by atoms with van der Waals surface area (Å²) in [5.74, 6) is -0.253. The lowest BCUT2D eigenvalue weighted by molar-refractivity contribution is -0.121. The van der Waals surface area contributed by atoms with Gasteiger partial charge in [-0.2, -0.15) is 0 Å². The van der Waals surface area contributed by atoms with Crippen molar-refractivity contribution in [2.24, 2.45) is 0 Å². The Morgan fingerprint density at radius 3 is 2.04 bits per heavy atom. The minimum absolute atomic E-state index is 0.00840. The zero-order valence-electron chi connectivity index (χ0n) is 15.4. The van der Waals surface area contributed by atoms with Crippen LogP contribution in [0.4, 0.5) is 10.5 Å². The lowest BCUT2D eigenvalue weighted by Gasteiger charge is -2.22. The van der Waals surface area contributed by atoms with E-state index in [1.54, 1.807) is 0 Å². The first kappa shape index (κ1) is 19.8. The summed E-state index contributed by atoms with van der Waals surface area (Å²) in [5.41, 5.74) is 1.55. The van der Waals surface area contributed by atoms with Gasteiger partial charge in [0.25, 0.3) is 0 Å². The zero-order chi connectivity index (χ0) is 18.4. The second kappa shape index (κ2) is 8.04. The van der Waals surface area contributed by atoms with Gasteiger partial charge in [-0.1, -0.05) is 12.1 Å². The molecule has 0 aliphatic carbocycles. The van der Waals surface area contributed by atoms with Gasteiger partial charge in [-0.15, -0.1) is 0 Å².